The third-order valence-corrected chi connectivity index (χ3v) is 7.01. The third-order valence-electron chi connectivity index (χ3n) is 4.84. The Morgan fingerprint density at radius 2 is 1.71 bits per heavy atom. The molecule has 4 aromatic rings. The summed E-state index contributed by atoms with van der Waals surface area (Å²) in [5, 5.41) is 5.75. The summed E-state index contributed by atoms with van der Waals surface area (Å²) in [5.74, 6) is 0.0563. The van der Waals surface area contributed by atoms with Gasteiger partial charge in [-0.1, -0.05) is 24.3 Å². The Morgan fingerprint density at radius 1 is 0.971 bits per heavy atom. The van der Waals surface area contributed by atoms with Gasteiger partial charge in [0.05, 0.1) is 15.6 Å². The molecule has 34 heavy (non-hydrogen) atoms. The fourth-order valence-electron chi connectivity index (χ4n) is 3.24. The lowest BCUT2D eigenvalue weighted by Gasteiger charge is -2.11. The summed E-state index contributed by atoms with van der Waals surface area (Å²) < 4.78 is 33.3. The first-order valence-corrected chi connectivity index (χ1v) is 12.8. The molecule has 3 aromatic carbocycles. The molecule has 0 bridgehead atoms. The van der Waals surface area contributed by atoms with Gasteiger partial charge in [-0.3, -0.25) is 9.52 Å². The van der Waals surface area contributed by atoms with Gasteiger partial charge in [0.25, 0.3) is 15.9 Å². The monoisotopic (exact) mass is 493 g/mol. The summed E-state index contributed by atoms with van der Waals surface area (Å²) in [6.45, 7) is 3.62. The van der Waals surface area contributed by atoms with Gasteiger partial charge in [0.1, 0.15) is 5.75 Å². The van der Waals surface area contributed by atoms with Crippen LogP contribution in [-0.4, -0.2) is 25.9 Å². The van der Waals surface area contributed by atoms with Crippen LogP contribution in [0.3, 0.4) is 0 Å². The van der Waals surface area contributed by atoms with E-state index in [1.54, 1.807) is 35.6 Å². The highest BCUT2D eigenvalue weighted by molar-refractivity contribution is 7.92. The van der Waals surface area contributed by atoms with Crippen molar-refractivity contribution in [2.75, 3.05) is 16.6 Å². The van der Waals surface area contributed by atoms with Crippen molar-refractivity contribution in [2.24, 2.45) is 0 Å². The fraction of sp³-hybridized carbons (Fsp3) is 0.120. The molecule has 0 aliphatic heterocycles. The Hall–Kier alpha value is -3.69. The van der Waals surface area contributed by atoms with E-state index in [9.17, 15) is 13.2 Å². The van der Waals surface area contributed by atoms with Crippen molar-refractivity contribution in [1.29, 1.82) is 0 Å². The van der Waals surface area contributed by atoms with Crippen molar-refractivity contribution < 1.29 is 17.9 Å². The van der Waals surface area contributed by atoms with E-state index in [-0.39, 0.29) is 17.4 Å². The number of thiazole rings is 1. The maximum atomic E-state index is 12.6. The van der Waals surface area contributed by atoms with Crippen LogP contribution < -0.4 is 14.8 Å². The minimum atomic E-state index is -3.73. The molecular formula is C25H23N3O4S2. The van der Waals surface area contributed by atoms with Crippen LogP contribution >= 0.6 is 11.3 Å². The van der Waals surface area contributed by atoms with E-state index in [2.05, 4.69) is 15.0 Å². The zero-order chi connectivity index (χ0) is 24.1. The highest BCUT2D eigenvalue weighted by Gasteiger charge is 2.14. The van der Waals surface area contributed by atoms with Crippen LogP contribution in [0.1, 0.15) is 10.6 Å². The summed E-state index contributed by atoms with van der Waals surface area (Å²) in [5.41, 5.74) is 3.86. The number of anilines is 2. The SMILES string of the molecule is Cc1cccc(NS(=O)(=O)c2ccc(OCC(=O)Nc3cccc(-c4csc(C)n4)c3)cc2)c1. The van der Waals surface area contributed by atoms with Crippen molar-refractivity contribution in [3.8, 4) is 17.0 Å². The number of rotatable bonds is 8. The summed E-state index contributed by atoms with van der Waals surface area (Å²) >= 11 is 1.57. The van der Waals surface area contributed by atoms with Crippen LogP contribution in [0.15, 0.2) is 83.1 Å². The molecule has 1 aromatic heterocycles. The van der Waals surface area contributed by atoms with Crippen LogP contribution in [0.25, 0.3) is 11.3 Å². The van der Waals surface area contributed by atoms with Crippen molar-refractivity contribution in [3.05, 3.63) is 88.7 Å². The van der Waals surface area contributed by atoms with Gasteiger partial charge in [-0.2, -0.15) is 0 Å². The average Bonchev–Trinajstić information content (AvgIpc) is 3.24. The van der Waals surface area contributed by atoms with Gasteiger partial charge in [0, 0.05) is 22.3 Å². The van der Waals surface area contributed by atoms with Gasteiger partial charge >= 0.3 is 0 Å². The summed E-state index contributed by atoms with van der Waals surface area (Å²) in [7, 11) is -3.73. The average molecular weight is 494 g/mol. The van der Waals surface area contributed by atoms with Crippen LogP contribution in [0, 0.1) is 13.8 Å². The van der Waals surface area contributed by atoms with E-state index in [1.165, 1.54) is 24.3 Å². The number of carbonyl (C=O) groups is 1. The van der Waals surface area contributed by atoms with E-state index >= 15 is 0 Å². The molecule has 0 fully saturated rings. The number of carbonyl (C=O) groups excluding carboxylic acids is 1. The lowest BCUT2D eigenvalue weighted by Crippen LogP contribution is -2.20. The molecule has 0 saturated carbocycles. The zero-order valence-corrected chi connectivity index (χ0v) is 20.2. The lowest BCUT2D eigenvalue weighted by molar-refractivity contribution is -0.118. The second kappa shape index (κ2) is 10.1. The minimum Gasteiger partial charge on any atom is -0.484 e. The van der Waals surface area contributed by atoms with Gasteiger partial charge < -0.3 is 10.1 Å². The van der Waals surface area contributed by atoms with Crippen molar-refractivity contribution in [1.82, 2.24) is 4.98 Å². The number of aromatic nitrogens is 1. The number of nitrogens with zero attached hydrogens (tertiary/aromatic N) is 1. The van der Waals surface area contributed by atoms with Crippen LogP contribution in [0.2, 0.25) is 0 Å². The molecule has 0 atom stereocenters. The van der Waals surface area contributed by atoms with Crippen molar-refractivity contribution in [3.63, 3.8) is 0 Å². The lowest BCUT2D eigenvalue weighted by atomic mass is 10.1. The molecule has 1 amide bonds. The largest absolute Gasteiger partial charge is 0.484 e. The van der Waals surface area contributed by atoms with Crippen LogP contribution in [0.4, 0.5) is 11.4 Å². The van der Waals surface area contributed by atoms with E-state index in [1.807, 2.05) is 43.5 Å². The first kappa shape index (κ1) is 23.5. The standard InChI is InChI=1S/C25H23N3O4S2/c1-17-5-3-8-21(13-17)28-34(30,31)23-11-9-22(10-12-23)32-15-25(29)27-20-7-4-6-19(14-20)24-16-33-18(2)26-24/h3-14,16,28H,15H2,1-2H3,(H,27,29). The Kier molecular flexibility index (Phi) is 6.95. The number of hydrogen-bond acceptors (Lipinski definition) is 6. The van der Waals surface area contributed by atoms with E-state index in [0.29, 0.717) is 17.1 Å². The van der Waals surface area contributed by atoms with Crippen LogP contribution in [0.5, 0.6) is 5.75 Å². The normalized spacial score (nSPS) is 11.1. The number of aryl methyl sites for hydroxylation is 2. The van der Waals surface area contributed by atoms with Gasteiger partial charge in [0.2, 0.25) is 0 Å². The molecule has 7 nitrogen and oxygen atoms in total. The first-order chi connectivity index (χ1) is 16.3. The van der Waals surface area contributed by atoms with Crippen molar-refractivity contribution in [2.45, 2.75) is 18.7 Å². The number of sulfonamides is 1. The van der Waals surface area contributed by atoms with Gasteiger partial charge in [-0.25, -0.2) is 13.4 Å². The van der Waals surface area contributed by atoms with Crippen molar-refractivity contribution >= 4 is 38.6 Å². The maximum absolute atomic E-state index is 12.6. The quantitative estimate of drug-likeness (QED) is 0.350. The highest BCUT2D eigenvalue weighted by atomic mass is 32.2. The smallest absolute Gasteiger partial charge is 0.262 e. The molecule has 0 aliphatic carbocycles. The Balaban J connectivity index is 1.34. The fourth-order valence-corrected chi connectivity index (χ4v) is 4.91. The van der Waals surface area contributed by atoms with E-state index < -0.39 is 10.0 Å². The molecule has 9 heteroatoms. The van der Waals surface area contributed by atoms with Gasteiger partial charge in [0.15, 0.2) is 6.61 Å². The van der Waals surface area contributed by atoms with E-state index in [4.69, 9.17) is 4.74 Å². The van der Waals surface area contributed by atoms with E-state index in [0.717, 1.165) is 21.8 Å². The zero-order valence-electron chi connectivity index (χ0n) is 18.6. The molecule has 0 unspecified atom stereocenters. The maximum Gasteiger partial charge on any atom is 0.262 e. The summed E-state index contributed by atoms with van der Waals surface area (Å²) in [6.07, 6.45) is 0. The highest BCUT2D eigenvalue weighted by Crippen LogP contribution is 2.24. The van der Waals surface area contributed by atoms with Gasteiger partial charge in [-0.15, -0.1) is 11.3 Å². The van der Waals surface area contributed by atoms with Gasteiger partial charge in [-0.05, 0) is 67.9 Å². The van der Waals surface area contributed by atoms with Crippen LogP contribution in [-0.2, 0) is 14.8 Å². The predicted octanol–water partition coefficient (Wildman–Crippen LogP) is 5.25. The molecule has 0 aliphatic rings. The number of hydrogen-bond donors (Lipinski definition) is 2. The molecular weight excluding hydrogens is 470 g/mol. The Morgan fingerprint density at radius 3 is 2.41 bits per heavy atom. The number of nitrogens with one attached hydrogen (secondary N) is 2. The molecule has 174 valence electrons. The molecule has 2 N–H and O–H groups in total. The molecule has 1 heterocycles. The second-order valence-electron chi connectivity index (χ2n) is 7.62. The molecule has 0 spiro atoms. The summed E-state index contributed by atoms with van der Waals surface area (Å²) in [4.78, 5) is 16.9. The molecule has 0 radical (unpaired) electrons. The molecule has 0 saturated heterocycles. The number of amides is 1. The predicted molar refractivity (Wildman–Crippen MR) is 135 cm³/mol. The third kappa shape index (κ3) is 6.00. The number of ether oxygens (including phenoxy) is 1. The second-order valence-corrected chi connectivity index (χ2v) is 10.4. The molecule has 4 rings (SSSR count). The Bertz CT molecular complexity index is 1410. The first-order valence-electron chi connectivity index (χ1n) is 10.4. The Labute approximate surface area is 202 Å². The minimum absolute atomic E-state index is 0.0971. The summed E-state index contributed by atoms with van der Waals surface area (Å²) in [6, 6.07) is 20.4. The topological polar surface area (TPSA) is 97.4 Å². The number of benzene rings is 3.